The Hall–Kier alpha value is -2.02. The van der Waals surface area contributed by atoms with Gasteiger partial charge in [0.1, 0.15) is 17.3 Å². The molecule has 0 bridgehead atoms. The Labute approximate surface area is 134 Å². The second-order valence-electron chi connectivity index (χ2n) is 6.16. The van der Waals surface area contributed by atoms with Gasteiger partial charge < -0.3 is 15.7 Å². The van der Waals surface area contributed by atoms with Crippen molar-refractivity contribution < 1.29 is 23.5 Å². The van der Waals surface area contributed by atoms with Crippen molar-refractivity contribution in [2.24, 2.45) is 5.92 Å². The van der Waals surface area contributed by atoms with E-state index in [1.165, 1.54) is 0 Å². The first-order valence-electron chi connectivity index (χ1n) is 7.38. The monoisotopic (exact) mass is 328 g/mol. The molecule has 0 saturated heterocycles. The lowest BCUT2D eigenvalue weighted by Crippen LogP contribution is -2.44. The fourth-order valence-corrected chi connectivity index (χ4v) is 1.83. The maximum atomic E-state index is 13.4. The fourth-order valence-electron chi connectivity index (χ4n) is 1.83. The molecular formula is C16H22F2N2O3. The van der Waals surface area contributed by atoms with Crippen LogP contribution in [0.15, 0.2) is 18.2 Å². The summed E-state index contributed by atoms with van der Waals surface area (Å²) in [5, 5.41) is 14.2. The molecule has 1 rings (SSSR count). The molecule has 2 amide bonds. The number of anilines is 1. The summed E-state index contributed by atoms with van der Waals surface area (Å²) in [5.74, 6) is -3.83. The van der Waals surface area contributed by atoms with E-state index >= 15 is 0 Å². The van der Waals surface area contributed by atoms with Crippen LogP contribution in [0.2, 0.25) is 0 Å². The third-order valence-electron chi connectivity index (χ3n) is 3.30. The maximum absolute atomic E-state index is 13.4. The predicted octanol–water partition coefficient (Wildman–Crippen LogP) is 2.21. The number of rotatable bonds is 6. The summed E-state index contributed by atoms with van der Waals surface area (Å²) in [6.45, 7) is 5.42. The summed E-state index contributed by atoms with van der Waals surface area (Å²) >= 11 is 0. The molecule has 0 aliphatic carbocycles. The first-order chi connectivity index (χ1) is 10.6. The predicted molar refractivity (Wildman–Crippen MR) is 82.7 cm³/mol. The third kappa shape index (κ3) is 6.32. The molecule has 0 aliphatic heterocycles. The Kier molecular flexibility index (Phi) is 6.62. The first kappa shape index (κ1) is 19.0. The summed E-state index contributed by atoms with van der Waals surface area (Å²) in [6.07, 6.45) is 1.21. The molecule has 23 heavy (non-hydrogen) atoms. The van der Waals surface area contributed by atoms with Gasteiger partial charge in [0.15, 0.2) is 0 Å². The van der Waals surface area contributed by atoms with Crippen LogP contribution in [0.25, 0.3) is 0 Å². The molecule has 1 aromatic carbocycles. The van der Waals surface area contributed by atoms with Crippen molar-refractivity contribution in [3.8, 4) is 0 Å². The normalized spacial score (nSPS) is 13.5. The minimum atomic E-state index is -1.20. The molecule has 5 nitrogen and oxygen atoms in total. The molecule has 0 aromatic heterocycles. The number of carbonyl (C=O) groups excluding carboxylic acids is 2. The molecule has 0 unspecified atom stereocenters. The lowest BCUT2D eigenvalue weighted by atomic mass is 9.95. The van der Waals surface area contributed by atoms with Gasteiger partial charge in [0.05, 0.1) is 5.60 Å². The van der Waals surface area contributed by atoms with E-state index in [0.29, 0.717) is 12.3 Å². The zero-order chi connectivity index (χ0) is 17.6. The lowest BCUT2D eigenvalue weighted by Gasteiger charge is -2.24. The highest BCUT2D eigenvalue weighted by molar-refractivity contribution is 6.39. The van der Waals surface area contributed by atoms with E-state index in [1.807, 2.05) is 19.2 Å². The average molecular weight is 328 g/mol. The highest BCUT2D eigenvalue weighted by Crippen LogP contribution is 2.18. The summed E-state index contributed by atoms with van der Waals surface area (Å²) in [6, 6.07) is 3.08. The number of benzene rings is 1. The van der Waals surface area contributed by atoms with Gasteiger partial charge in [-0.15, -0.1) is 0 Å². The number of para-hydroxylation sites is 1. The highest BCUT2D eigenvalue weighted by Gasteiger charge is 2.24. The van der Waals surface area contributed by atoms with Crippen LogP contribution in [0, 0.1) is 17.6 Å². The second kappa shape index (κ2) is 8.01. The minimum absolute atomic E-state index is 0.133. The molecule has 0 radical (unpaired) electrons. The van der Waals surface area contributed by atoms with Crippen molar-refractivity contribution in [2.45, 2.75) is 39.2 Å². The van der Waals surface area contributed by atoms with Gasteiger partial charge in [0, 0.05) is 6.54 Å². The van der Waals surface area contributed by atoms with Crippen LogP contribution in [0.1, 0.15) is 33.6 Å². The van der Waals surface area contributed by atoms with Gasteiger partial charge in [0.2, 0.25) is 0 Å². The van der Waals surface area contributed by atoms with E-state index in [2.05, 4.69) is 5.32 Å². The maximum Gasteiger partial charge on any atom is 0.313 e. The number of amides is 2. The molecule has 0 aliphatic rings. The van der Waals surface area contributed by atoms with Crippen LogP contribution in [-0.4, -0.2) is 29.1 Å². The van der Waals surface area contributed by atoms with Crippen molar-refractivity contribution in [2.75, 3.05) is 11.9 Å². The molecule has 0 saturated carbocycles. The lowest BCUT2D eigenvalue weighted by molar-refractivity contribution is -0.136. The topological polar surface area (TPSA) is 78.4 Å². The van der Waals surface area contributed by atoms with Crippen LogP contribution in [0.4, 0.5) is 14.5 Å². The Morgan fingerprint density at radius 3 is 2.30 bits per heavy atom. The van der Waals surface area contributed by atoms with Gasteiger partial charge in [-0.1, -0.05) is 19.9 Å². The highest BCUT2D eigenvalue weighted by atomic mass is 19.1. The van der Waals surface area contributed by atoms with Gasteiger partial charge >= 0.3 is 11.8 Å². The molecule has 1 aromatic rings. The Balaban J connectivity index is 2.56. The van der Waals surface area contributed by atoms with E-state index in [0.717, 1.165) is 24.6 Å². The molecule has 0 spiro atoms. The van der Waals surface area contributed by atoms with Crippen molar-refractivity contribution >= 4 is 17.5 Å². The van der Waals surface area contributed by atoms with Crippen LogP contribution >= 0.6 is 0 Å². The second-order valence-corrected chi connectivity index (χ2v) is 6.16. The largest absolute Gasteiger partial charge is 0.388 e. The smallest absolute Gasteiger partial charge is 0.313 e. The van der Waals surface area contributed by atoms with Crippen LogP contribution < -0.4 is 10.6 Å². The van der Waals surface area contributed by atoms with E-state index in [1.54, 1.807) is 6.92 Å². The Morgan fingerprint density at radius 1 is 1.22 bits per heavy atom. The fraction of sp³-hybridized carbons (Fsp3) is 0.500. The van der Waals surface area contributed by atoms with Gasteiger partial charge in [-0.05, 0) is 37.8 Å². The molecule has 128 valence electrons. The molecule has 1 atom stereocenters. The van der Waals surface area contributed by atoms with Crippen LogP contribution in [-0.2, 0) is 9.59 Å². The average Bonchev–Trinajstić information content (AvgIpc) is 2.46. The minimum Gasteiger partial charge on any atom is -0.388 e. The van der Waals surface area contributed by atoms with Crippen molar-refractivity contribution in [1.29, 1.82) is 0 Å². The third-order valence-corrected chi connectivity index (χ3v) is 3.30. The standard InChI is InChI=1S/C16H22F2N2O3/c1-10(2)7-8-16(3,23)9-19-14(21)15(22)20-13-11(17)5-4-6-12(13)18/h4-6,10,23H,7-9H2,1-3H3,(H,19,21)(H,20,22)/t16-/m1/s1. The number of carbonyl (C=O) groups is 2. The summed E-state index contributed by atoms with van der Waals surface area (Å²) in [7, 11) is 0. The zero-order valence-electron chi connectivity index (χ0n) is 13.5. The molecule has 0 heterocycles. The van der Waals surface area contributed by atoms with Gasteiger partial charge in [-0.25, -0.2) is 8.78 Å². The van der Waals surface area contributed by atoms with Crippen molar-refractivity contribution in [1.82, 2.24) is 5.32 Å². The number of hydrogen-bond donors (Lipinski definition) is 3. The molecular weight excluding hydrogens is 306 g/mol. The van der Waals surface area contributed by atoms with Crippen LogP contribution in [0.5, 0.6) is 0 Å². The van der Waals surface area contributed by atoms with Gasteiger partial charge in [-0.2, -0.15) is 0 Å². The van der Waals surface area contributed by atoms with Gasteiger partial charge in [-0.3, -0.25) is 9.59 Å². The molecule has 3 N–H and O–H groups in total. The zero-order valence-corrected chi connectivity index (χ0v) is 13.5. The number of halogens is 2. The molecule has 7 heteroatoms. The van der Waals surface area contributed by atoms with E-state index in [4.69, 9.17) is 0 Å². The first-order valence-corrected chi connectivity index (χ1v) is 7.38. The van der Waals surface area contributed by atoms with Crippen molar-refractivity contribution in [3.63, 3.8) is 0 Å². The summed E-state index contributed by atoms with van der Waals surface area (Å²) in [5.41, 5.74) is -1.84. The quantitative estimate of drug-likeness (QED) is 0.701. The van der Waals surface area contributed by atoms with E-state index < -0.39 is 34.7 Å². The van der Waals surface area contributed by atoms with Gasteiger partial charge in [0.25, 0.3) is 0 Å². The SMILES string of the molecule is CC(C)CC[C@@](C)(O)CNC(=O)C(=O)Nc1c(F)cccc1F. The molecule has 0 fully saturated rings. The van der Waals surface area contributed by atoms with Crippen molar-refractivity contribution in [3.05, 3.63) is 29.8 Å². The van der Waals surface area contributed by atoms with E-state index in [9.17, 15) is 23.5 Å². The number of nitrogens with one attached hydrogen (secondary N) is 2. The number of aliphatic hydroxyl groups is 1. The van der Waals surface area contributed by atoms with Crippen LogP contribution in [0.3, 0.4) is 0 Å². The number of hydrogen-bond acceptors (Lipinski definition) is 3. The Morgan fingerprint density at radius 2 is 1.78 bits per heavy atom. The Bertz CT molecular complexity index is 554. The summed E-state index contributed by atoms with van der Waals surface area (Å²) < 4.78 is 26.8. The summed E-state index contributed by atoms with van der Waals surface area (Å²) in [4.78, 5) is 23.3. The van der Waals surface area contributed by atoms with E-state index in [-0.39, 0.29) is 6.54 Å².